The number of nitrogens with one attached hydrogen (secondary N) is 2. The lowest BCUT2D eigenvalue weighted by Gasteiger charge is -2.34. The van der Waals surface area contributed by atoms with Gasteiger partial charge >= 0.3 is 0 Å². The highest BCUT2D eigenvalue weighted by Crippen LogP contribution is 2.06. The highest BCUT2D eigenvalue weighted by Gasteiger charge is 2.14. The van der Waals surface area contributed by atoms with Crippen molar-refractivity contribution in [1.29, 1.82) is 0 Å². The van der Waals surface area contributed by atoms with Crippen molar-refractivity contribution in [3.05, 3.63) is 0 Å². The summed E-state index contributed by atoms with van der Waals surface area (Å²) in [7, 11) is 0. The number of hydrogen-bond acceptors (Lipinski definition) is 4. The molecule has 1 aliphatic rings. The Balaban J connectivity index is 2.18. The molecule has 0 amide bonds. The van der Waals surface area contributed by atoms with Crippen LogP contribution in [0.1, 0.15) is 60.8 Å². The zero-order valence-corrected chi connectivity index (χ0v) is 19.6. The standard InChI is InChI=1S/C22H48N6/c1-7-23-22(25-13-11-15-28(20(3)4)21(5)6)24-12-9-10-14-27-18-16-26(8-2)17-19-27/h20-21H,7-19H2,1-6H3,(H2,23,24,25). The lowest BCUT2D eigenvalue weighted by atomic mass is 10.2. The van der Waals surface area contributed by atoms with Gasteiger partial charge < -0.3 is 20.4 Å². The summed E-state index contributed by atoms with van der Waals surface area (Å²) < 4.78 is 0. The van der Waals surface area contributed by atoms with Gasteiger partial charge in [0.2, 0.25) is 0 Å². The van der Waals surface area contributed by atoms with E-state index < -0.39 is 0 Å². The van der Waals surface area contributed by atoms with Crippen LogP contribution in [0, 0.1) is 0 Å². The number of likely N-dealkylation sites (N-methyl/N-ethyl adjacent to an activating group) is 1. The highest BCUT2D eigenvalue weighted by molar-refractivity contribution is 5.79. The quantitative estimate of drug-likeness (QED) is 0.284. The zero-order valence-electron chi connectivity index (χ0n) is 19.6. The summed E-state index contributed by atoms with van der Waals surface area (Å²) in [5.41, 5.74) is 0. The Morgan fingerprint density at radius 2 is 1.54 bits per heavy atom. The van der Waals surface area contributed by atoms with Crippen molar-refractivity contribution in [2.45, 2.75) is 72.9 Å². The molecule has 1 fully saturated rings. The SMILES string of the molecule is CCNC(=NCCCN(C(C)C)C(C)C)NCCCCN1CCN(CC)CC1. The summed E-state index contributed by atoms with van der Waals surface area (Å²) in [6.07, 6.45) is 3.57. The van der Waals surface area contributed by atoms with Gasteiger partial charge in [-0.1, -0.05) is 6.92 Å². The smallest absolute Gasteiger partial charge is 0.191 e. The minimum absolute atomic E-state index is 0.597. The maximum absolute atomic E-state index is 4.76. The summed E-state index contributed by atoms with van der Waals surface area (Å²) in [4.78, 5) is 12.5. The Labute approximate surface area is 175 Å². The molecule has 1 heterocycles. The molecule has 0 unspecified atom stereocenters. The van der Waals surface area contributed by atoms with E-state index in [2.05, 4.69) is 66.9 Å². The molecule has 6 nitrogen and oxygen atoms in total. The molecule has 1 aliphatic heterocycles. The van der Waals surface area contributed by atoms with Gasteiger partial charge in [-0.15, -0.1) is 0 Å². The lowest BCUT2D eigenvalue weighted by Crippen LogP contribution is -2.46. The van der Waals surface area contributed by atoms with Crippen LogP contribution >= 0.6 is 0 Å². The molecule has 6 heteroatoms. The second-order valence-electron chi connectivity index (χ2n) is 8.45. The molecular weight excluding hydrogens is 348 g/mol. The number of guanidine groups is 1. The molecule has 0 saturated carbocycles. The first kappa shape index (κ1) is 25.2. The molecule has 0 aromatic rings. The molecule has 1 rings (SSSR count). The maximum atomic E-state index is 4.76. The van der Waals surface area contributed by atoms with E-state index in [0.717, 1.165) is 38.6 Å². The number of hydrogen-bond donors (Lipinski definition) is 2. The summed E-state index contributed by atoms with van der Waals surface area (Å²) in [5.74, 6) is 0.972. The predicted molar refractivity (Wildman–Crippen MR) is 123 cm³/mol. The zero-order chi connectivity index (χ0) is 20.8. The van der Waals surface area contributed by atoms with Crippen molar-refractivity contribution in [1.82, 2.24) is 25.3 Å². The number of nitrogens with zero attached hydrogens (tertiary/aromatic N) is 4. The summed E-state index contributed by atoms with van der Waals surface area (Å²) in [6.45, 7) is 24.8. The third kappa shape index (κ3) is 10.6. The molecule has 2 N–H and O–H groups in total. The fourth-order valence-electron chi connectivity index (χ4n) is 3.89. The average molecular weight is 397 g/mol. The second kappa shape index (κ2) is 15.1. The molecule has 166 valence electrons. The Bertz CT molecular complexity index is 394. The number of aliphatic imine (C=N–C) groups is 1. The van der Waals surface area contributed by atoms with Crippen LogP contribution in [-0.4, -0.2) is 98.2 Å². The predicted octanol–water partition coefficient (Wildman–Crippen LogP) is 2.47. The fourth-order valence-corrected chi connectivity index (χ4v) is 3.89. The maximum Gasteiger partial charge on any atom is 0.191 e. The number of rotatable bonds is 13. The van der Waals surface area contributed by atoms with Gasteiger partial charge in [0, 0.05) is 64.4 Å². The van der Waals surface area contributed by atoms with E-state index in [-0.39, 0.29) is 0 Å². The summed E-state index contributed by atoms with van der Waals surface area (Å²) in [5, 5.41) is 6.88. The topological polar surface area (TPSA) is 46.1 Å². The van der Waals surface area contributed by atoms with Crippen molar-refractivity contribution < 1.29 is 0 Å². The van der Waals surface area contributed by atoms with Gasteiger partial charge in [-0.2, -0.15) is 0 Å². The summed E-state index contributed by atoms with van der Waals surface area (Å²) in [6, 6.07) is 1.19. The van der Waals surface area contributed by atoms with Gasteiger partial charge in [0.25, 0.3) is 0 Å². The fraction of sp³-hybridized carbons (Fsp3) is 0.955. The second-order valence-corrected chi connectivity index (χ2v) is 8.45. The summed E-state index contributed by atoms with van der Waals surface area (Å²) >= 11 is 0. The Morgan fingerprint density at radius 1 is 0.893 bits per heavy atom. The van der Waals surface area contributed by atoms with Crippen LogP contribution in [0.25, 0.3) is 0 Å². The minimum atomic E-state index is 0.597. The van der Waals surface area contributed by atoms with Crippen molar-refractivity contribution in [2.75, 3.05) is 65.4 Å². The van der Waals surface area contributed by atoms with Crippen LogP contribution in [-0.2, 0) is 0 Å². The monoisotopic (exact) mass is 396 g/mol. The molecule has 0 bridgehead atoms. The van der Waals surface area contributed by atoms with Crippen LogP contribution in [0.5, 0.6) is 0 Å². The highest BCUT2D eigenvalue weighted by atomic mass is 15.3. The van der Waals surface area contributed by atoms with E-state index in [9.17, 15) is 0 Å². The molecule has 0 aliphatic carbocycles. The Hall–Kier alpha value is -0.850. The molecule has 1 saturated heterocycles. The number of piperazine rings is 1. The van der Waals surface area contributed by atoms with Gasteiger partial charge in [0.05, 0.1) is 0 Å². The van der Waals surface area contributed by atoms with Crippen molar-refractivity contribution >= 4 is 5.96 Å². The van der Waals surface area contributed by atoms with E-state index in [0.29, 0.717) is 12.1 Å². The van der Waals surface area contributed by atoms with Gasteiger partial charge in [-0.3, -0.25) is 9.89 Å². The number of unbranched alkanes of at least 4 members (excludes halogenated alkanes) is 1. The molecule has 0 aromatic carbocycles. The molecule has 28 heavy (non-hydrogen) atoms. The van der Waals surface area contributed by atoms with Gasteiger partial charge in [0.15, 0.2) is 5.96 Å². The van der Waals surface area contributed by atoms with Crippen LogP contribution in [0.2, 0.25) is 0 Å². The van der Waals surface area contributed by atoms with Gasteiger partial charge in [-0.05, 0) is 67.0 Å². The Morgan fingerprint density at radius 3 is 2.11 bits per heavy atom. The largest absolute Gasteiger partial charge is 0.357 e. The van der Waals surface area contributed by atoms with E-state index in [1.807, 2.05) is 0 Å². The van der Waals surface area contributed by atoms with Gasteiger partial charge in [0.1, 0.15) is 0 Å². The minimum Gasteiger partial charge on any atom is -0.357 e. The molecule has 0 aromatic heterocycles. The van der Waals surface area contributed by atoms with Crippen molar-refractivity contribution in [3.63, 3.8) is 0 Å². The van der Waals surface area contributed by atoms with Crippen LogP contribution in [0.3, 0.4) is 0 Å². The molecule has 0 spiro atoms. The first-order valence-corrected chi connectivity index (χ1v) is 11.7. The first-order valence-electron chi connectivity index (χ1n) is 11.7. The van der Waals surface area contributed by atoms with Crippen molar-refractivity contribution in [2.24, 2.45) is 4.99 Å². The van der Waals surface area contributed by atoms with E-state index in [1.54, 1.807) is 0 Å². The average Bonchev–Trinajstić information content (AvgIpc) is 2.67. The molecule has 0 atom stereocenters. The van der Waals surface area contributed by atoms with Crippen LogP contribution in [0.4, 0.5) is 0 Å². The lowest BCUT2D eigenvalue weighted by molar-refractivity contribution is 0.136. The Kier molecular flexibility index (Phi) is 13.5. The van der Waals surface area contributed by atoms with E-state index >= 15 is 0 Å². The third-order valence-corrected chi connectivity index (χ3v) is 5.62. The van der Waals surface area contributed by atoms with Crippen LogP contribution < -0.4 is 10.6 Å². The van der Waals surface area contributed by atoms with E-state index in [1.165, 1.54) is 52.1 Å². The normalized spacial score (nSPS) is 17.1. The molecular formula is C22H48N6. The van der Waals surface area contributed by atoms with Gasteiger partial charge in [-0.25, -0.2) is 0 Å². The van der Waals surface area contributed by atoms with Crippen molar-refractivity contribution in [3.8, 4) is 0 Å². The van der Waals surface area contributed by atoms with Crippen LogP contribution in [0.15, 0.2) is 4.99 Å². The first-order chi connectivity index (χ1) is 13.5. The van der Waals surface area contributed by atoms with E-state index in [4.69, 9.17) is 4.99 Å². The third-order valence-electron chi connectivity index (χ3n) is 5.62. The molecule has 0 radical (unpaired) electrons.